The summed E-state index contributed by atoms with van der Waals surface area (Å²) < 4.78 is 0. The predicted octanol–water partition coefficient (Wildman–Crippen LogP) is 2.93. The summed E-state index contributed by atoms with van der Waals surface area (Å²) in [7, 11) is 0. The lowest BCUT2D eigenvalue weighted by Crippen LogP contribution is -2.37. The van der Waals surface area contributed by atoms with Crippen LogP contribution in [-0.4, -0.2) is 30.6 Å². The molecule has 0 bridgehead atoms. The van der Waals surface area contributed by atoms with Crippen LogP contribution in [0.2, 0.25) is 0 Å². The van der Waals surface area contributed by atoms with Gasteiger partial charge < -0.3 is 10.6 Å². The average Bonchev–Trinajstić information content (AvgIpc) is 2.97. The Morgan fingerprint density at radius 3 is 2.52 bits per heavy atom. The van der Waals surface area contributed by atoms with Gasteiger partial charge >= 0.3 is 0 Å². The van der Waals surface area contributed by atoms with Crippen LogP contribution in [0, 0.1) is 0 Å². The molecule has 112 valence electrons. The second-order valence-electron chi connectivity index (χ2n) is 4.55. The molecule has 0 saturated heterocycles. The molecule has 2 rings (SSSR count). The maximum atomic E-state index is 4.68. The van der Waals surface area contributed by atoms with E-state index in [1.807, 2.05) is 18.2 Å². The van der Waals surface area contributed by atoms with Crippen LogP contribution in [0.15, 0.2) is 40.7 Å². The highest BCUT2D eigenvalue weighted by Crippen LogP contribution is 2.23. The zero-order valence-electron chi connectivity index (χ0n) is 12.6. The summed E-state index contributed by atoms with van der Waals surface area (Å²) in [4.78, 5) is 9.22. The Morgan fingerprint density at radius 2 is 1.86 bits per heavy atom. The van der Waals surface area contributed by atoms with Gasteiger partial charge in [-0.15, -0.1) is 11.3 Å². The van der Waals surface area contributed by atoms with Crippen molar-refractivity contribution < 1.29 is 0 Å². The molecule has 0 saturated carbocycles. The van der Waals surface area contributed by atoms with Gasteiger partial charge in [-0.3, -0.25) is 4.99 Å². The molecule has 0 unspecified atom stereocenters. The van der Waals surface area contributed by atoms with Crippen LogP contribution in [0.4, 0.5) is 0 Å². The van der Waals surface area contributed by atoms with Crippen molar-refractivity contribution in [1.82, 2.24) is 15.6 Å². The molecule has 0 fully saturated rings. The fraction of sp³-hybridized carbons (Fsp3) is 0.375. The van der Waals surface area contributed by atoms with Crippen molar-refractivity contribution in [3.63, 3.8) is 0 Å². The first kappa shape index (κ1) is 15.5. The number of aromatic nitrogens is 1. The van der Waals surface area contributed by atoms with Gasteiger partial charge in [0.1, 0.15) is 5.01 Å². The molecule has 0 aliphatic carbocycles. The van der Waals surface area contributed by atoms with E-state index in [2.05, 4.69) is 52.0 Å². The maximum absolute atomic E-state index is 4.68. The molecule has 1 aromatic carbocycles. The fourth-order valence-electron chi connectivity index (χ4n) is 1.93. The van der Waals surface area contributed by atoms with Crippen molar-refractivity contribution in [3.05, 3.63) is 41.4 Å². The Balaban J connectivity index is 1.92. The normalized spacial score (nSPS) is 10.2. The smallest absolute Gasteiger partial charge is 0.191 e. The summed E-state index contributed by atoms with van der Waals surface area (Å²) in [5.74, 6) is 0.874. The van der Waals surface area contributed by atoms with E-state index in [0.29, 0.717) is 0 Å². The zero-order valence-corrected chi connectivity index (χ0v) is 13.4. The second-order valence-corrected chi connectivity index (χ2v) is 5.41. The lowest BCUT2D eigenvalue weighted by atomic mass is 10.2. The largest absolute Gasteiger partial charge is 0.357 e. The van der Waals surface area contributed by atoms with Crippen LogP contribution in [0.1, 0.15) is 19.5 Å². The Hall–Kier alpha value is -1.88. The van der Waals surface area contributed by atoms with Gasteiger partial charge in [0.2, 0.25) is 0 Å². The van der Waals surface area contributed by atoms with Crippen LogP contribution < -0.4 is 10.6 Å². The molecule has 2 N–H and O–H groups in total. The van der Waals surface area contributed by atoms with Gasteiger partial charge in [0.25, 0.3) is 0 Å². The highest BCUT2D eigenvalue weighted by molar-refractivity contribution is 7.13. The lowest BCUT2D eigenvalue weighted by molar-refractivity contribution is 0.829. The average molecular weight is 302 g/mol. The first-order valence-corrected chi connectivity index (χ1v) is 8.23. The van der Waals surface area contributed by atoms with Crippen LogP contribution in [0.25, 0.3) is 10.6 Å². The second kappa shape index (κ2) is 8.42. The highest BCUT2D eigenvalue weighted by Gasteiger charge is 2.04. The van der Waals surface area contributed by atoms with Gasteiger partial charge in [0.15, 0.2) is 5.96 Å². The van der Waals surface area contributed by atoms with E-state index in [-0.39, 0.29) is 0 Å². The maximum Gasteiger partial charge on any atom is 0.191 e. The Bertz CT molecular complexity index is 555. The molecule has 0 radical (unpaired) electrons. The number of nitrogens with one attached hydrogen (secondary N) is 2. The third-order valence-corrected chi connectivity index (χ3v) is 3.84. The molecule has 0 aliphatic rings. The van der Waals surface area contributed by atoms with Crippen LogP contribution in [-0.2, 0) is 6.42 Å². The Morgan fingerprint density at radius 1 is 1.14 bits per heavy atom. The van der Waals surface area contributed by atoms with Gasteiger partial charge in [0.05, 0.1) is 5.69 Å². The van der Waals surface area contributed by atoms with E-state index in [4.69, 9.17) is 0 Å². The van der Waals surface area contributed by atoms with Crippen molar-refractivity contribution in [2.45, 2.75) is 20.3 Å². The third kappa shape index (κ3) is 4.86. The van der Waals surface area contributed by atoms with Gasteiger partial charge in [-0.2, -0.15) is 0 Å². The number of thiazole rings is 1. The van der Waals surface area contributed by atoms with Gasteiger partial charge in [-0.1, -0.05) is 30.3 Å². The van der Waals surface area contributed by atoms with E-state index in [1.165, 1.54) is 5.56 Å². The standard InChI is InChI=1S/C16H22N4S/c1-3-17-16(18-4-2)19-11-10-14-12-21-15(20-14)13-8-6-5-7-9-13/h5-9,12H,3-4,10-11H2,1-2H3,(H2,17,18,19). The molecule has 2 aromatic rings. The van der Waals surface area contributed by atoms with Crippen LogP contribution >= 0.6 is 11.3 Å². The topological polar surface area (TPSA) is 49.3 Å². The van der Waals surface area contributed by atoms with Gasteiger partial charge in [0, 0.05) is 37.0 Å². The summed E-state index contributed by atoms with van der Waals surface area (Å²) in [6.45, 7) is 6.63. The van der Waals surface area contributed by atoms with Crippen molar-refractivity contribution >= 4 is 17.3 Å². The van der Waals surface area contributed by atoms with Crippen molar-refractivity contribution in [2.75, 3.05) is 19.6 Å². The van der Waals surface area contributed by atoms with Crippen molar-refractivity contribution in [2.24, 2.45) is 4.99 Å². The highest BCUT2D eigenvalue weighted by atomic mass is 32.1. The first-order chi connectivity index (χ1) is 10.3. The van der Waals surface area contributed by atoms with Crippen LogP contribution in [0.3, 0.4) is 0 Å². The molecular formula is C16H22N4S. The third-order valence-electron chi connectivity index (χ3n) is 2.90. The number of benzene rings is 1. The summed E-state index contributed by atoms with van der Waals surface area (Å²) in [6.07, 6.45) is 0.865. The quantitative estimate of drug-likeness (QED) is 0.637. The number of guanidine groups is 1. The minimum absolute atomic E-state index is 0.743. The number of nitrogens with zero attached hydrogens (tertiary/aromatic N) is 2. The molecule has 1 heterocycles. The molecule has 0 amide bonds. The van der Waals surface area contributed by atoms with E-state index >= 15 is 0 Å². The number of aliphatic imine (C=N–C) groups is 1. The van der Waals surface area contributed by atoms with Crippen molar-refractivity contribution in [1.29, 1.82) is 0 Å². The van der Waals surface area contributed by atoms with E-state index in [9.17, 15) is 0 Å². The van der Waals surface area contributed by atoms with Crippen molar-refractivity contribution in [3.8, 4) is 10.6 Å². The summed E-state index contributed by atoms with van der Waals surface area (Å²) in [5, 5.41) is 9.64. The first-order valence-electron chi connectivity index (χ1n) is 7.35. The van der Waals surface area contributed by atoms with E-state index in [0.717, 1.165) is 42.7 Å². The summed E-state index contributed by atoms with van der Waals surface area (Å²) in [6, 6.07) is 10.3. The molecular weight excluding hydrogens is 280 g/mol. The van der Waals surface area contributed by atoms with Gasteiger partial charge in [-0.25, -0.2) is 4.98 Å². The molecule has 0 atom stereocenters. The minimum Gasteiger partial charge on any atom is -0.357 e. The van der Waals surface area contributed by atoms with E-state index in [1.54, 1.807) is 11.3 Å². The molecule has 21 heavy (non-hydrogen) atoms. The Labute approximate surface area is 130 Å². The summed E-state index contributed by atoms with van der Waals surface area (Å²) in [5.41, 5.74) is 2.29. The molecule has 4 nitrogen and oxygen atoms in total. The monoisotopic (exact) mass is 302 g/mol. The lowest BCUT2D eigenvalue weighted by Gasteiger charge is -2.08. The number of hydrogen-bond donors (Lipinski definition) is 2. The van der Waals surface area contributed by atoms with E-state index < -0.39 is 0 Å². The van der Waals surface area contributed by atoms with Gasteiger partial charge in [-0.05, 0) is 13.8 Å². The minimum atomic E-state index is 0.743. The predicted molar refractivity (Wildman–Crippen MR) is 90.9 cm³/mol. The Kier molecular flexibility index (Phi) is 6.22. The fourth-order valence-corrected chi connectivity index (χ4v) is 2.79. The summed E-state index contributed by atoms with van der Waals surface area (Å²) >= 11 is 1.69. The zero-order chi connectivity index (χ0) is 14.9. The molecule has 0 aliphatic heterocycles. The number of rotatable bonds is 6. The number of hydrogen-bond acceptors (Lipinski definition) is 3. The SMILES string of the molecule is CCNC(=NCCc1csc(-c2ccccc2)n1)NCC. The molecule has 5 heteroatoms. The molecule has 1 aromatic heterocycles. The molecule has 0 spiro atoms. The van der Waals surface area contributed by atoms with Crippen LogP contribution in [0.5, 0.6) is 0 Å².